The van der Waals surface area contributed by atoms with Gasteiger partial charge < -0.3 is 19.9 Å². The minimum atomic E-state index is -0.271. The molecule has 1 aliphatic carbocycles. The van der Waals surface area contributed by atoms with Crippen LogP contribution in [0.1, 0.15) is 37.1 Å². The van der Waals surface area contributed by atoms with Crippen molar-refractivity contribution in [3.05, 3.63) is 29.6 Å². The van der Waals surface area contributed by atoms with Gasteiger partial charge in [-0.05, 0) is 62.8 Å². The van der Waals surface area contributed by atoms with E-state index in [0.717, 1.165) is 87.5 Å². The van der Waals surface area contributed by atoms with E-state index in [-0.39, 0.29) is 36.1 Å². The van der Waals surface area contributed by atoms with E-state index in [4.69, 9.17) is 4.74 Å². The van der Waals surface area contributed by atoms with E-state index in [1.54, 1.807) is 0 Å². The number of amides is 1. The number of ether oxygens (including phenoxy) is 1. The smallest absolute Gasteiger partial charge is 0.228 e. The lowest BCUT2D eigenvalue weighted by atomic mass is 9.61. The molecule has 3 heterocycles. The Morgan fingerprint density at radius 2 is 2.06 bits per heavy atom. The van der Waals surface area contributed by atoms with Crippen LogP contribution < -0.4 is 10.6 Å². The zero-order valence-corrected chi connectivity index (χ0v) is 21.3. The average Bonchev–Trinajstić information content (AvgIpc) is 3.10. The first-order chi connectivity index (χ1) is 15.1. The lowest BCUT2D eigenvalue weighted by molar-refractivity contribution is -0.140. The summed E-state index contributed by atoms with van der Waals surface area (Å²) in [4.78, 5) is 20.8. The van der Waals surface area contributed by atoms with Crippen molar-refractivity contribution in [3.63, 3.8) is 0 Å². The molecular formula is C24H37Cl2N5O2. The average molecular weight is 498 g/mol. The van der Waals surface area contributed by atoms with Gasteiger partial charge in [0.25, 0.3) is 0 Å². The van der Waals surface area contributed by atoms with E-state index >= 15 is 0 Å². The summed E-state index contributed by atoms with van der Waals surface area (Å²) < 4.78 is 7.64. The van der Waals surface area contributed by atoms with Crippen molar-refractivity contribution in [1.29, 1.82) is 0 Å². The molecule has 0 unspecified atom stereocenters. The minimum absolute atomic E-state index is 0. The summed E-state index contributed by atoms with van der Waals surface area (Å²) in [5, 5.41) is 6.82. The lowest BCUT2D eigenvalue weighted by Gasteiger charge is -2.50. The van der Waals surface area contributed by atoms with Crippen molar-refractivity contribution in [3.8, 4) is 0 Å². The third kappa shape index (κ3) is 5.03. The van der Waals surface area contributed by atoms with Crippen LogP contribution >= 0.6 is 24.8 Å². The molecule has 3 atom stereocenters. The normalized spacial score (nSPS) is 27.8. The Labute approximate surface area is 208 Å². The van der Waals surface area contributed by atoms with E-state index in [0.29, 0.717) is 18.5 Å². The molecule has 3 aliphatic rings. The van der Waals surface area contributed by atoms with Crippen molar-refractivity contribution >= 4 is 41.8 Å². The largest absolute Gasteiger partial charge is 0.379 e. The highest BCUT2D eigenvalue weighted by Crippen LogP contribution is 2.46. The number of imidazole rings is 1. The van der Waals surface area contributed by atoms with Crippen LogP contribution in [0.4, 0.5) is 0 Å². The molecule has 2 aromatic rings. The van der Waals surface area contributed by atoms with Crippen molar-refractivity contribution in [1.82, 2.24) is 25.1 Å². The van der Waals surface area contributed by atoms with Crippen LogP contribution in [-0.2, 0) is 23.1 Å². The van der Waals surface area contributed by atoms with Crippen LogP contribution in [0.25, 0.3) is 11.0 Å². The fourth-order valence-corrected chi connectivity index (χ4v) is 6.00. The third-order valence-corrected chi connectivity index (χ3v) is 8.01. The van der Waals surface area contributed by atoms with Crippen molar-refractivity contribution in [2.45, 2.75) is 45.2 Å². The molecule has 1 aromatic heterocycles. The monoisotopic (exact) mass is 497 g/mol. The van der Waals surface area contributed by atoms with Crippen molar-refractivity contribution < 1.29 is 9.53 Å². The first kappa shape index (κ1) is 26.2. The Morgan fingerprint density at radius 1 is 1.27 bits per heavy atom. The number of aromatic nitrogens is 2. The second kappa shape index (κ2) is 10.9. The van der Waals surface area contributed by atoms with E-state index in [1.807, 2.05) is 14.0 Å². The second-order valence-corrected chi connectivity index (χ2v) is 9.62. The van der Waals surface area contributed by atoms with Crippen LogP contribution in [-0.4, -0.2) is 65.8 Å². The van der Waals surface area contributed by atoms with Gasteiger partial charge in [-0.1, -0.05) is 6.07 Å². The van der Waals surface area contributed by atoms with E-state index in [9.17, 15) is 4.79 Å². The van der Waals surface area contributed by atoms with Gasteiger partial charge in [0.2, 0.25) is 5.91 Å². The Hall–Kier alpha value is -1.38. The topological polar surface area (TPSA) is 71.4 Å². The van der Waals surface area contributed by atoms with Crippen LogP contribution in [0.2, 0.25) is 0 Å². The van der Waals surface area contributed by atoms with Gasteiger partial charge in [0.15, 0.2) is 0 Å². The molecule has 3 fully saturated rings. The van der Waals surface area contributed by atoms with Crippen molar-refractivity contribution in [2.24, 2.45) is 18.4 Å². The number of carbonyl (C=O) groups excluding carboxylic acids is 1. The van der Waals surface area contributed by atoms with E-state index in [2.05, 4.69) is 43.3 Å². The highest BCUT2D eigenvalue weighted by Gasteiger charge is 2.50. The number of rotatable bonds is 4. The van der Waals surface area contributed by atoms with E-state index < -0.39 is 0 Å². The Bertz CT molecular complexity index is 962. The van der Waals surface area contributed by atoms with Crippen LogP contribution in [0, 0.1) is 18.3 Å². The van der Waals surface area contributed by atoms with Crippen molar-refractivity contribution in [2.75, 3.05) is 39.4 Å². The number of benzene rings is 1. The molecule has 9 heteroatoms. The van der Waals surface area contributed by atoms with Gasteiger partial charge >= 0.3 is 0 Å². The minimum Gasteiger partial charge on any atom is -0.379 e. The standard InChI is InChI=1S/C24H35N5O2.2ClH/c1-17-27-21-13-18(3-4-22(21)28(17)2)15-26-23(30)24-7-5-20(29-9-11-31-12-10-29)14-19(24)6-8-25-16-24;;/h3-4,13,19-20,25H,5-12,14-16H2,1-2H3,(H,26,30);2*1H/t19-,20-,24-;;/m1../s1. The number of morpholine rings is 1. The lowest BCUT2D eigenvalue weighted by Crippen LogP contribution is -2.60. The molecule has 1 aromatic carbocycles. The second-order valence-electron chi connectivity index (χ2n) is 9.62. The molecule has 0 radical (unpaired) electrons. The number of aryl methyl sites for hydroxylation is 2. The summed E-state index contributed by atoms with van der Waals surface area (Å²) in [5.41, 5.74) is 2.96. The van der Waals surface area contributed by atoms with Gasteiger partial charge in [-0.3, -0.25) is 9.69 Å². The molecule has 5 rings (SSSR count). The predicted octanol–water partition coefficient (Wildman–Crippen LogP) is 2.82. The van der Waals surface area contributed by atoms with Crippen LogP contribution in [0.5, 0.6) is 0 Å². The van der Waals surface area contributed by atoms with Crippen LogP contribution in [0.3, 0.4) is 0 Å². The number of piperidine rings is 1. The fourth-order valence-electron chi connectivity index (χ4n) is 6.00. The number of carbonyl (C=O) groups is 1. The molecule has 2 N–H and O–H groups in total. The highest BCUT2D eigenvalue weighted by atomic mass is 35.5. The third-order valence-electron chi connectivity index (χ3n) is 8.01. The summed E-state index contributed by atoms with van der Waals surface area (Å²) >= 11 is 0. The number of nitrogens with zero attached hydrogens (tertiary/aromatic N) is 3. The van der Waals surface area contributed by atoms with Gasteiger partial charge in [0, 0.05) is 39.3 Å². The number of hydrogen-bond acceptors (Lipinski definition) is 5. The SMILES string of the molecule is Cc1nc2cc(CNC(=O)[C@@]34CC[C@@H](N5CCOCC5)C[C@H]3CCNC4)ccc2n1C.Cl.Cl. The molecule has 2 aliphatic heterocycles. The van der Waals surface area contributed by atoms with Gasteiger partial charge in [0.05, 0.1) is 29.7 Å². The Kier molecular flexibility index (Phi) is 8.67. The molecule has 0 bridgehead atoms. The maximum atomic E-state index is 13.5. The molecule has 33 heavy (non-hydrogen) atoms. The predicted molar refractivity (Wildman–Crippen MR) is 135 cm³/mol. The number of nitrogens with one attached hydrogen (secondary N) is 2. The summed E-state index contributed by atoms with van der Waals surface area (Å²) in [5.74, 6) is 1.68. The highest BCUT2D eigenvalue weighted by molar-refractivity contribution is 5.86. The molecule has 7 nitrogen and oxygen atoms in total. The fraction of sp³-hybridized carbons (Fsp3) is 0.667. The van der Waals surface area contributed by atoms with E-state index in [1.165, 1.54) is 0 Å². The Morgan fingerprint density at radius 3 is 2.85 bits per heavy atom. The molecular weight excluding hydrogens is 461 g/mol. The van der Waals surface area contributed by atoms with Gasteiger partial charge in [-0.15, -0.1) is 24.8 Å². The maximum Gasteiger partial charge on any atom is 0.228 e. The van der Waals surface area contributed by atoms with Gasteiger partial charge in [-0.25, -0.2) is 4.98 Å². The quantitative estimate of drug-likeness (QED) is 0.679. The number of halogens is 2. The summed E-state index contributed by atoms with van der Waals surface area (Å²) in [6.45, 7) is 8.15. The zero-order valence-electron chi connectivity index (χ0n) is 19.6. The molecule has 0 spiro atoms. The molecule has 1 amide bonds. The first-order valence-electron chi connectivity index (χ1n) is 11.8. The summed E-state index contributed by atoms with van der Waals surface area (Å²) in [6, 6.07) is 6.91. The molecule has 184 valence electrons. The number of hydrogen-bond donors (Lipinski definition) is 2. The summed E-state index contributed by atoms with van der Waals surface area (Å²) in [6.07, 6.45) is 4.30. The van der Waals surface area contributed by atoms with Crippen LogP contribution in [0.15, 0.2) is 18.2 Å². The summed E-state index contributed by atoms with van der Waals surface area (Å²) in [7, 11) is 2.04. The first-order valence-corrected chi connectivity index (χ1v) is 11.8. The zero-order chi connectivity index (χ0) is 21.4. The maximum absolute atomic E-state index is 13.5. The molecule has 2 saturated heterocycles. The Balaban J connectivity index is 0.00000153. The number of fused-ring (bicyclic) bond motifs is 2. The van der Waals surface area contributed by atoms with Gasteiger partial charge in [0.1, 0.15) is 5.82 Å². The molecule has 1 saturated carbocycles. The van der Waals surface area contributed by atoms with Gasteiger partial charge in [-0.2, -0.15) is 0 Å².